The highest BCUT2D eigenvalue weighted by Crippen LogP contribution is 2.29. The Morgan fingerprint density at radius 3 is 2.89 bits per heavy atom. The zero-order valence-corrected chi connectivity index (χ0v) is 16.1. The van der Waals surface area contributed by atoms with Crippen LogP contribution in [0.1, 0.15) is 36.9 Å². The van der Waals surface area contributed by atoms with Gasteiger partial charge in [-0.25, -0.2) is 4.98 Å². The lowest BCUT2D eigenvalue weighted by Gasteiger charge is -2.26. The fraction of sp³-hybridized carbons (Fsp3) is 0.364. The number of carbonyl (C=O) groups excluding carboxylic acids is 1. The van der Waals surface area contributed by atoms with Crippen LogP contribution in [0.5, 0.6) is 0 Å². The van der Waals surface area contributed by atoms with Gasteiger partial charge in [-0.05, 0) is 49.4 Å². The Bertz CT molecular complexity index is 980. The van der Waals surface area contributed by atoms with E-state index in [9.17, 15) is 9.90 Å². The number of nitrogens with one attached hydrogen (secondary N) is 2. The predicted octanol–water partition coefficient (Wildman–Crippen LogP) is 3.02. The van der Waals surface area contributed by atoms with E-state index in [1.807, 2.05) is 34.9 Å². The Kier molecular flexibility index (Phi) is 5.30. The van der Waals surface area contributed by atoms with Crippen LogP contribution in [-0.2, 0) is 17.8 Å². The van der Waals surface area contributed by atoms with Gasteiger partial charge in [0.2, 0.25) is 11.9 Å². The van der Waals surface area contributed by atoms with Gasteiger partial charge in [-0.1, -0.05) is 36.4 Å². The molecule has 0 bridgehead atoms. The molecule has 1 heterocycles. The SMILES string of the molecule is C[C@H](O)CNc1nc2ccccc2n1CC(=O)N[C@H]1CCCc2ccccc21. The topological polar surface area (TPSA) is 79.2 Å². The molecule has 2 atom stereocenters. The van der Waals surface area contributed by atoms with Crippen LogP contribution >= 0.6 is 0 Å². The van der Waals surface area contributed by atoms with Crippen molar-refractivity contribution >= 4 is 22.9 Å². The van der Waals surface area contributed by atoms with E-state index in [2.05, 4.69) is 33.8 Å². The minimum absolute atomic E-state index is 0.0371. The van der Waals surface area contributed by atoms with E-state index in [0.717, 1.165) is 30.3 Å². The number of hydrogen-bond acceptors (Lipinski definition) is 4. The first-order valence-electron chi connectivity index (χ1n) is 9.86. The van der Waals surface area contributed by atoms with Crippen LogP contribution in [0.15, 0.2) is 48.5 Å². The van der Waals surface area contributed by atoms with Crippen molar-refractivity contribution in [3.8, 4) is 0 Å². The molecule has 0 saturated heterocycles. The first kappa shape index (κ1) is 18.5. The Hall–Kier alpha value is -2.86. The van der Waals surface area contributed by atoms with E-state index in [1.165, 1.54) is 11.1 Å². The summed E-state index contributed by atoms with van der Waals surface area (Å²) < 4.78 is 1.88. The highest BCUT2D eigenvalue weighted by molar-refractivity contribution is 5.83. The molecule has 4 rings (SSSR count). The highest BCUT2D eigenvalue weighted by atomic mass is 16.3. The maximum atomic E-state index is 12.9. The molecule has 0 saturated carbocycles. The number of anilines is 1. The molecule has 0 radical (unpaired) electrons. The lowest BCUT2D eigenvalue weighted by atomic mass is 9.88. The minimum atomic E-state index is -0.499. The van der Waals surface area contributed by atoms with Crippen LogP contribution in [0.4, 0.5) is 5.95 Å². The van der Waals surface area contributed by atoms with E-state index in [1.54, 1.807) is 6.92 Å². The molecule has 6 heteroatoms. The second-order valence-corrected chi connectivity index (χ2v) is 7.45. The van der Waals surface area contributed by atoms with Gasteiger partial charge >= 0.3 is 0 Å². The van der Waals surface area contributed by atoms with Crippen LogP contribution in [-0.4, -0.2) is 33.2 Å². The summed E-state index contributed by atoms with van der Waals surface area (Å²) in [7, 11) is 0. The number of amides is 1. The molecule has 1 aliphatic rings. The lowest BCUT2D eigenvalue weighted by molar-refractivity contribution is -0.122. The zero-order valence-electron chi connectivity index (χ0n) is 16.1. The molecule has 2 aromatic carbocycles. The molecule has 0 unspecified atom stereocenters. The molecule has 0 spiro atoms. The van der Waals surface area contributed by atoms with Crippen molar-refractivity contribution in [2.24, 2.45) is 0 Å². The number of para-hydroxylation sites is 2. The smallest absolute Gasteiger partial charge is 0.240 e. The summed E-state index contributed by atoms with van der Waals surface area (Å²) in [6, 6.07) is 16.2. The van der Waals surface area contributed by atoms with Crippen LogP contribution in [0, 0.1) is 0 Å². The first-order chi connectivity index (χ1) is 13.6. The molecule has 0 fully saturated rings. The quantitative estimate of drug-likeness (QED) is 0.616. The van der Waals surface area contributed by atoms with Gasteiger partial charge in [-0.3, -0.25) is 4.79 Å². The molecule has 1 aromatic heterocycles. The van der Waals surface area contributed by atoms with Gasteiger partial charge < -0.3 is 20.3 Å². The largest absolute Gasteiger partial charge is 0.392 e. The monoisotopic (exact) mass is 378 g/mol. The van der Waals surface area contributed by atoms with E-state index < -0.39 is 6.10 Å². The highest BCUT2D eigenvalue weighted by Gasteiger charge is 2.22. The van der Waals surface area contributed by atoms with Gasteiger partial charge in [0.05, 0.1) is 23.2 Å². The van der Waals surface area contributed by atoms with Crippen LogP contribution in [0.2, 0.25) is 0 Å². The average molecular weight is 378 g/mol. The third-order valence-corrected chi connectivity index (χ3v) is 5.22. The maximum absolute atomic E-state index is 12.9. The number of aliphatic hydroxyl groups excluding tert-OH is 1. The number of nitrogens with zero attached hydrogens (tertiary/aromatic N) is 2. The van der Waals surface area contributed by atoms with Crippen molar-refractivity contribution in [3.63, 3.8) is 0 Å². The standard InChI is InChI=1S/C22H26N4O2/c1-15(27)13-23-22-25-19-10-4-5-12-20(19)26(22)14-21(28)24-18-11-6-8-16-7-2-3-9-17(16)18/h2-5,7,9-10,12,15,18,27H,6,8,11,13-14H2,1H3,(H,23,25)(H,24,28)/t15-,18-/m0/s1. The second kappa shape index (κ2) is 8.02. The summed E-state index contributed by atoms with van der Waals surface area (Å²) in [6.07, 6.45) is 2.61. The molecule has 28 heavy (non-hydrogen) atoms. The molecular formula is C22H26N4O2. The first-order valence-corrected chi connectivity index (χ1v) is 9.86. The third-order valence-electron chi connectivity index (χ3n) is 5.22. The van der Waals surface area contributed by atoms with Gasteiger partial charge in [0.1, 0.15) is 6.54 Å². The molecule has 0 aliphatic heterocycles. The number of rotatable bonds is 6. The predicted molar refractivity (Wildman–Crippen MR) is 110 cm³/mol. The molecule has 3 aromatic rings. The molecule has 1 aliphatic carbocycles. The normalized spacial score (nSPS) is 17.1. The van der Waals surface area contributed by atoms with Gasteiger partial charge in [-0.2, -0.15) is 0 Å². The summed E-state index contributed by atoms with van der Waals surface area (Å²) in [5.41, 5.74) is 4.28. The average Bonchev–Trinajstić information content (AvgIpc) is 3.04. The number of aryl methyl sites for hydroxylation is 1. The lowest BCUT2D eigenvalue weighted by Crippen LogP contribution is -2.33. The van der Waals surface area contributed by atoms with Gasteiger partial charge in [0, 0.05) is 6.54 Å². The Morgan fingerprint density at radius 2 is 2.04 bits per heavy atom. The van der Waals surface area contributed by atoms with Gasteiger partial charge in [0.15, 0.2) is 0 Å². The number of hydrogen-bond donors (Lipinski definition) is 3. The van der Waals surface area contributed by atoms with E-state index in [0.29, 0.717) is 12.5 Å². The number of imidazole rings is 1. The van der Waals surface area contributed by atoms with E-state index in [4.69, 9.17) is 0 Å². The van der Waals surface area contributed by atoms with Crippen molar-refractivity contribution < 1.29 is 9.90 Å². The van der Waals surface area contributed by atoms with E-state index >= 15 is 0 Å². The Balaban J connectivity index is 1.55. The van der Waals surface area contributed by atoms with Gasteiger partial charge in [-0.15, -0.1) is 0 Å². The minimum Gasteiger partial charge on any atom is -0.392 e. The Morgan fingerprint density at radius 1 is 1.25 bits per heavy atom. The van der Waals surface area contributed by atoms with Crippen molar-refractivity contribution in [1.82, 2.24) is 14.9 Å². The molecule has 146 valence electrons. The van der Waals surface area contributed by atoms with Crippen LogP contribution in [0.25, 0.3) is 11.0 Å². The Labute approximate surface area is 164 Å². The van der Waals surface area contributed by atoms with Crippen LogP contribution < -0.4 is 10.6 Å². The van der Waals surface area contributed by atoms with Crippen molar-refractivity contribution in [2.45, 2.75) is 44.9 Å². The second-order valence-electron chi connectivity index (χ2n) is 7.45. The van der Waals surface area contributed by atoms with Crippen molar-refractivity contribution in [1.29, 1.82) is 0 Å². The number of aliphatic hydroxyl groups is 1. The zero-order chi connectivity index (χ0) is 19.5. The van der Waals surface area contributed by atoms with E-state index in [-0.39, 0.29) is 18.5 Å². The fourth-order valence-electron chi connectivity index (χ4n) is 3.90. The summed E-state index contributed by atoms with van der Waals surface area (Å²) in [5, 5.41) is 15.9. The number of fused-ring (bicyclic) bond motifs is 2. The number of benzene rings is 2. The molecule has 1 amide bonds. The summed E-state index contributed by atoms with van der Waals surface area (Å²) in [6.45, 7) is 2.27. The summed E-state index contributed by atoms with van der Waals surface area (Å²) >= 11 is 0. The molecular weight excluding hydrogens is 352 g/mol. The van der Waals surface area contributed by atoms with Crippen LogP contribution in [0.3, 0.4) is 0 Å². The fourth-order valence-corrected chi connectivity index (χ4v) is 3.90. The third kappa shape index (κ3) is 3.87. The van der Waals surface area contributed by atoms with Crippen molar-refractivity contribution in [2.75, 3.05) is 11.9 Å². The summed E-state index contributed by atoms with van der Waals surface area (Å²) in [4.78, 5) is 17.5. The van der Waals surface area contributed by atoms with Crippen molar-refractivity contribution in [3.05, 3.63) is 59.7 Å². The number of aromatic nitrogens is 2. The number of carbonyl (C=O) groups is 1. The maximum Gasteiger partial charge on any atom is 0.240 e. The summed E-state index contributed by atoms with van der Waals surface area (Å²) in [5.74, 6) is 0.561. The van der Waals surface area contributed by atoms with Gasteiger partial charge in [0.25, 0.3) is 0 Å². The molecule has 3 N–H and O–H groups in total. The molecule has 6 nitrogen and oxygen atoms in total.